The molecule has 0 aliphatic heterocycles. The summed E-state index contributed by atoms with van der Waals surface area (Å²) >= 11 is 0. The largest absolute Gasteiger partial charge is 0.416 e. The van der Waals surface area contributed by atoms with Gasteiger partial charge in [0.05, 0.1) is 16.1 Å². The Kier molecular flexibility index (Phi) is 4.67. The quantitative estimate of drug-likeness (QED) is 0.541. The third-order valence-electron chi connectivity index (χ3n) is 4.18. The van der Waals surface area contributed by atoms with Gasteiger partial charge in [-0.3, -0.25) is 4.72 Å². The highest BCUT2D eigenvalue weighted by Gasteiger charge is 2.19. The van der Waals surface area contributed by atoms with Gasteiger partial charge in [-0.2, -0.15) is 0 Å². The minimum Gasteiger partial charge on any atom is -0.416 e. The number of rotatable bonds is 5. The molecular formula is C21H17N3O3S. The maximum absolute atomic E-state index is 12.7. The Hall–Kier alpha value is -3.45. The van der Waals surface area contributed by atoms with E-state index in [1.54, 1.807) is 48.5 Å². The summed E-state index contributed by atoms with van der Waals surface area (Å²) in [6.07, 6.45) is 0. The van der Waals surface area contributed by atoms with Gasteiger partial charge in [0.2, 0.25) is 11.8 Å². The second kappa shape index (κ2) is 7.28. The predicted molar refractivity (Wildman–Crippen MR) is 107 cm³/mol. The molecule has 0 radical (unpaired) electrons. The van der Waals surface area contributed by atoms with Crippen LogP contribution >= 0.6 is 0 Å². The second-order valence-corrected chi connectivity index (χ2v) is 7.92. The van der Waals surface area contributed by atoms with Crippen LogP contribution in [-0.4, -0.2) is 18.6 Å². The van der Waals surface area contributed by atoms with Crippen LogP contribution < -0.4 is 4.72 Å². The number of hydrogen-bond acceptors (Lipinski definition) is 5. The number of benzene rings is 3. The number of sulfonamides is 1. The highest BCUT2D eigenvalue weighted by atomic mass is 32.2. The lowest BCUT2D eigenvalue weighted by Gasteiger charge is -2.11. The lowest BCUT2D eigenvalue weighted by molar-refractivity contribution is 0.585. The van der Waals surface area contributed by atoms with Gasteiger partial charge in [-0.05, 0) is 43.3 Å². The third-order valence-corrected chi connectivity index (χ3v) is 5.56. The zero-order chi connectivity index (χ0) is 19.6. The SMILES string of the molecule is Cc1ccc(S(=O)(=O)Nc2ccccc2-c2nnc(-c3ccccc3)o2)cc1. The van der Waals surface area contributed by atoms with Crippen LogP contribution in [0.2, 0.25) is 0 Å². The molecule has 4 aromatic rings. The fourth-order valence-electron chi connectivity index (χ4n) is 2.71. The van der Waals surface area contributed by atoms with Crippen molar-refractivity contribution in [2.75, 3.05) is 4.72 Å². The van der Waals surface area contributed by atoms with E-state index < -0.39 is 10.0 Å². The standard InChI is InChI=1S/C21H17N3O3S/c1-15-11-13-17(14-12-15)28(25,26)24-19-10-6-5-9-18(19)21-23-22-20(27-21)16-7-3-2-4-8-16/h2-14,24H,1H3. The lowest BCUT2D eigenvalue weighted by Crippen LogP contribution is -2.13. The number of hydrogen-bond donors (Lipinski definition) is 1. The molecule has 140 valence electrons. The molecule has 28 heavy (non-hydrogen) atoms. The Balaban J connectivity index is 1.68. The molecule has 1 heterocycles. The molecule has 6 nitrogen and oxygen atoms in total. The van der Waals surface area contributed by atoms with Gasteiger partial charge in [0, 0.05) is 5.56 Å². The van der Waals surface area contributed by atoms with E-state index in [2.05, 4.69) is 14.9 Å². The van der Waals surface area contributed by atoms with E-state index in [9.17, 15) is 8.42 Å². The second-order valence-electron chi connectivity index (χ2n) is 6.24. The van der Waals surface area contributed by atoms with Gasteiger partial charge in [0.25, 0.3) is 10.0 Å². The van der Waals surface area contributed by atoms with Crippen molar-refractivity contribution in [3.8, 4) is 22.9 Å². The molecule has 4 rings (SSSR count). The van der Waals surface area contributed by atoms with Crippen molar-refractivity contribution in [3.05, 3.63) is 84.4 Å². The highest BCUT2D eigenvalue weighted by molar-refractivity contribution is 7.92. The van der Waals surface area contributed by atoms with Crippen molar-refractivity contribution in [3.63, 3.8) is 0 Å². The van der Waals surface area contributed by atoms with Crippen LogP contribution in [0.3, 0.4) is 0 Å². The summed E-state index contributed by atoms with van der Waals surface area (Å²) in [5.41, 5.74) is 2.65. The monoisotopic (exact) mass is 391 g/mol. The summed E-state index contributed by atoms with van der Waals surface area (Å²) in [6, 6.07) is 22.9. The molecule has 7 heteroatoms. The predicted octanol–water partition coefficient (Wildman–Crippen LogP) is 4.51. The average molecular weight is 391 g/mol. The van der Waals surface area contributed by atoms with Crippen molar-refractivity contribution in [1.29, 1.82) is 0 Å². The van der Waals surface area contributed by atoms with E-state index in [0.717, 1.165) is 11.1 Å². The van der Waals surface area contributed by atoms with Crippen LogP contribution in [0.1, 0.15) is 5.56 Å². The first kappa shape index (κ1) is 17.9. The first-order chi connectivity index (χ1) is 13.5. The first-order valence-corrected chi connectivity index (χ1v) is 10.1. The van der Waals surface area contributed by atoms with E-state index in [4.69, 9.17) is 4.42 Å². The van der Waals surface area contributed by atoms with Gasteiger partial charge in [-0.25, -0.2) is 8.42 Å². The molecule has 3 aromatic carbocycles. The Morgan fingerprint density at radius 2 is 1.43 bits per heavy atom. The molecule has 0 aliphatic carbocycles. The van der Waals surface area contributed by atoms with Gasteiger partial charge in [-0.1, -0.05) is 48.0 Å². The maximum atomic E-state index is 12.7. The van der Waals surface area contributed by atoms with Crippen molar-refractivity contribution in [2.45, 2.75) is 11.8 Å². The van der Waals surface area contributed by atoms with Crippen LogP contribution in [0, 0.1) is 6.92 Å². The van der Waals surface area contributed by atoms with Crippen LogP contribution in [0.4, 0.5) is 5.69 Å². The summed E-state index contributed by atoms with van der Waals surface area (Å²) in [5, 5.41) is 8.16. The van der Waals surface area contributed by atoms with Gasteiger partial charge < -0.3 is 4.42 Å². The number of aryl methyl sites for hydroxylation is 1. The molecule has 0 fully saturated rings. The molecule has 1 N–H and O–H groups in total. The zero-order valence-electron chi connectivity index (χ0n) is 15.0. The van der Waals surface area contributed by atoms with Crippen LogP contribution in [0.15, 0.2) is 88.2 Å². The molecule has 1 aromatic heterocycles. The number of nitrogens with one attached hydrogen (secondary N) is 1. The van der Waals surface area contributed by atoms with E-state index in [1.807, 2.05) is 37.3 Å². The molecule has 0 aliphatic rings. The summed E-state index contributed by atoms with van der Waals surface area (Å²) in [7, 11) is -3.75. The minimum absolute atomic E-state index is 0.184. The fourth-order valence-corrected chi connectivity index (χ4v) is 3.79. The summed E-state index contributed by atoms with van der Waals surface area (Å²) in [6.45, 7) is 1.90. The first-order valence-electron chi connectivity index (χ1n) is 8.61. The maximum Gasteiger partial charge on any atom is 0.261 e. The van der Waals surface area contributed by atoms with E-state index in [1.165, 1.54) is 0 Å². The van der Waals surface area contributed by atoms with Crippen molar-refractivity contribution >= 4 is 15.7 Å². The highest BCUT2D eigenvalue weighted by Crippen LogP contribution is 2.30. The molecule has 0 amide bonds. The summed E-state index contributed by atoms with van der Waals surface area (Å²) in [5.74, 6) is 0.604. The average Bonchev–Trinajstić information content (AvgIpc) is 3.19. The molecule has 0 spiro atoms. The molecule has 0 bridgehead atoms. The molecule has 0 atom stereocenters. The van der Waals surface area contributed by atoms with Crippen molar-refractivity contribution in [1.82, 2.24) is 10.2 Å². The van der Waals surface area contributed by atoms with Gasteiger partial charge >= 0.3 is 0 Å². The Labute approximate surface area is 162 Å². The lowest BCUT2D eigenvalue weighted by atomic mass is 10.2. The van der Waals surface area contributed by atoms with E-state index >= 15 is 0 Å². The van der Waals surface area contributed by atoms with Crippen LogP contribution in [0.25, 0.3) is 22.9 Å². The molecule has 0 saturated heterocycles. The van der Waals surface area contributed by atoms with Crippen LogP contribution in [0.5, 0.6) is 0 Å². The topological polar surface area (TPSA) is 85.1 Å². The number of nitrogens with zero attached hydrogens (tertiary/aromatic N) is 2. The summed E-state index contributed by atoms with van der Waals surface area (Å²) < 4.78 is 33.9. The minimum atomic E-state index is -3.75. The Morgan fingerprint density at radius 3 is 2.18 bits per heavy atom. The van der Waals surface area contributed by atoms with Gasteiger partial charge in [-0.15, -0.1) is 10.2 Å². The number of anilines is 1. The van der Waals surface area contributed by atoms with E-state index in [-0.39, 0.29) is 10.8 Å². The van der Waals surface area contributed by atoms with E-state index in [0.29, 0.717) is 17.1 Å². The molecular weight excluding hydrogens is 374 g/mol. The normalized spacial score (nSPS) is 11.3. The zero-order valence-corrected chi connectivity index (χ0v) is 15.8. The van der Waals surface area contributed by atoms with Crippen LogP contribution in [-0.2, 0) is 10.0 Å². The number of aromatic nitrogens is 2. The third kappa shape index (κ3) is 3.65. The van der Waals surface area contributed by atoms with Gasteiger partial charge in [0.15, 0.2) is 0 Å². The van der Waals surface area contributed by atoms with Crippen molar-refractivity contribution < 1.29 is 12.8 Å². The smallest absolute Gasteiger partial charge is 0.261 e. The fraction of sp³-hybridized carbons (Fsp3) is 0.0476. The summed E-state index contributed by atoms with van der Waals surface area (Å²) in [4.78, 5) is 0.184. The Bertz CT molecular complexity index is 1200. The van der Waals surface area contributed by atoms with Gasteiger partial charge in [0.1, 0.15) is 0 Å². The Morgan fingerprint density at radius 1 is 0.786 bits per heavy atom. The molecule has 0 unspecified atom stereocenters. The van der Waals surface area contributed by atoms with Crippen molar-refractivity contribution in [2.24, 2.45) is 0 Å². The number of para-hydroxylation sites is 1. The molecule has 0 saturated carbocycles.